The SMILES string of the molecule is COc1cc(OC)c(-c2c[nH]c(N)c2C#N)c(OC)c1. The van der Waals surface area contributed by atoms with Gasteiger partial charge in [0.05, 0.1) is 26.9 Å². The zero-order chi connectivity index (χ0) is 14.7. The van der Waals surface area contributed by atoms with Gasteiger partial charge < -0.3 is 24.9 Å². The molecule has 0 unspecified atom stereocenters. The average Bonchev–Trinajstić information content (AvgIpc) is 2.85. The van der Waals surface area contributed by atoms with E-state index in [0.29, 0.717) is 39.8 Å². The number of aromatic nitrogens is 1. The van der Waals surface area contributed by atoms with Crippen LogP contribution in [0.15, 0.2) is 18.3 Å². The summed E-state index contributed by atoms with van der Waals surface area (Å²) in [5.41, 5.74) is 7.38. The minimum atomic E-state index is 0.308. The third-order valence-corrected chi connectivity index (χ3v) is 3.01. The van der Waals surface area contributed by atoms with Crippen LogP contribution in [0.4, 0.5) is 5.82 Å². The van der Waals surface area contributed by atoms with Crippen LogP contribution in [0.1, 0.15) is 5.56 Å². The Morgan fingerprint density at radius 2 is 1.70 bits per heavy atom. The fourth-order valence-corrected chi connectivity index (χ4v) is 2.03. The molecule has 0 saturated carbocycles. The summed E-state index contributed by atoms with van der Waals surface area (Å²) in [7, 11) is 4.64. The maximum absolute atomic E-state index is 9.22. The van der Waals surface area contributed by atoms with E-state index in [9.17, 15) is 5.26 Å². The van der Waals surface area contributed by atoms with Gasteiger partial charge in [0.15, 0.2) is 0 Å². The minimum Gasteiger partial charge on any atom is -0.496 e. The van der Waals surface area contributed by atoms with E-state index >= 15 is 0 Å². The summed E-state index contributed by atoms with van der Waals surface area (Å²) in [5, 5.41) is 9.22. The number of nitrogens with one attached hydrogen (secondary N) is 1. The van der Waals surface area contributed by atoms with Crippen molar-refractivity contribution in [2.45, 2.75) is 0 Å². The Balaban J connectivity index is 2.75. The summed E-state index contributed by atoms with van der Waals surface area (Å²) in [5.74, 6) is 1.99. The molecule has 1 aromatic heterocycles. The molecule has 0 bridgehead atoms. The molecule has 6 heteroatoms. The summed E-state index contributed by atoms with van der Waals surface area (Å²) in [6.07, 6.45) is 1.65. The lowest BCUT2D eigenvalue weighted by Crippen LogP contribution is -1.96. The number of hydrogen-bond acceptors (Lipinski definition) is 5. The quantitative estimate of drug-likeness (QED) is 0.890. The van der Waals surface area contributed by atoms with Gasteiger partial charge >= 0.3 is 0 Å². The Morgan fingerprint density at radius 1 is 1.10 bits per heavy atom. The van der Waals surface area contributed by atoms with E-state index in [1.807, 2.05) is 0 Å². The van der Waals surface area contributed by atoms with Crippen LogP contribution in [0.25, 0.3) is 11.1 Å². The van der Waals surface area contributed by atoms with Gasteiger partial charge in [0, 0.05) is 23.9 Å². The number of anilines is 1. The topological polar surface area (TPSA) is 93.3 Å². The van der Waals surface area contributed by atoms with Gasteiger partial charge in [-0.1, -0.05) is 0 Å². The number of aromatic amines is 1. The number of rotatable bonds is 4. The van der Waals surface area contributed by atoms with Gasteiger partial charge in [-0.15, -0.1) is 0 Å². The molecular weight excluding hydrogens is 258 g/mol. The van der Waals surface area contributed by atoms with Crippen molar-refractivity contribution in [3.05, 3.63) is 23.9 Å². The Hall–Kier alpha value is -2.81. The number of nitriles is 1. The van der Waals surface area contributed by atoms with Gasteiger partial charge in [0.1, 0.15) is 34.7 Å². The predicted octanol–water partition coefficient (Wildman–Crippen LogP) is 2.16. The lowest BCUT2D eigenvalue weighted by molar-refractivity contribution is 0.377. The summed E-state index contributed by atoms with van der Waals surface area (Å²) < 4.78 is 15.9. The van der Waals surface area contributed by atoms with Crippen LogP contribution in [0.5, 0.6) is 17.2 Å². The van der Waals surface area contributed by atoms with E-state index in [4.69, 9.17) is 19.9 Å². The fourth-order valence-electron chi connectivity index (χ4n) is 2.03. The second-order valence-corrected chi connectivity index (χ2v) is 4.01. The highest BCUT2D eigenvalue weighted by Gasteiger charge is 2.20. The lowest BCUT2D eigenvalue weighted by Gasteiger charge is -2.14. The number of nitrogen functional groups attached to an aromatic ring is 1. The second-order valence-electron chi connectivity index (χ2n) is 4.01. The van der Waals surface area contributed by atoms with E-state index in [0.717, 1.165) is 0 Å². The average molecular weight is 273 g/mol. The highest BCUT2D eigenvalue weighted by molar-refractivity contribution is 5.84. The molecule has 0 fully saturated rings. The Morgan fingerprint density at radius 3 is 2.15 bits per heavy atom. The molecule has 0 atom stereocenters. The van der Waals surface area contributed by atoms with E-state index in [2.05, 4.69) is 11.1 Å². The van der Waals surface area contributed by atoms with Crippen LogP contribution in [-0.2, 0) is 0 Å². The van der Waals surface area contributed by atoms with Crippen LogP contribution in [0.3, 0.4) is 0 Å². The molecule has 6 nitrogen and oxygen atoms in total. The summed E-state index contributed by atoms with van der Waals surface area (Å²) in [6.45, 7) is 0. The molecule has 0 radical (unpaired) electrons. The van der Waals surface area contributed by atoms with Gasteiger partial charge in [-0.25, -0.2) is 0 Å². The van der Waals surface area contributed by atoms with Crippen LogP contribution >= 0.6 is 0 Å². The van der Waals surface area contributed by atoms with Crippen LogP contribution < -0.4 is 19.9 Å². The molecule has 0 aliphatic rings. The highest BCUT2D eigenvalue weighted by Crippen LogP contribution is 2.43. The van der Waals surface area contributed by atoms with Gasteiger partial charge in [-0.2, -0.15) is 5.26 Å². The number of benzene rings is 1. The first kappa shape index (κ1) is 13.6. The molecule has 1 heterocycles. The number of H-pyrrole nitrogens is 1. The fraction of sp³-hybridized carbons (Fsp3) is 0.214. The number of methoxy groups -OCH3 is 3. The summed E-state index contributed by atoms with van der Waals surface area (Å²) in [4.78, 5) is 2.83. The molecule has 0 aliphatic carbocycles. The van der Waals surface area contributed by atoms with E-state index < -0.39 is 0 Å². The number of nitrogens with two attached hydrogens (primary N) is 1. The Bertz CT molecular complexity index is 646. The molecule has 2 aromatic rings. The van der Waals surface area contributed by atoms with Gasteiger partial charge in [-0.05, 0) is 0 Å². The molecule has 0 amide bonds. The molecular formula is C14H15N3O3. The monoisotopic (exact) mass is 273 g/mol. The third-order valence-electron chi connectivity index (χ3n) is 3.01. The van der Waals surface area contributed by atoms with Crippen molar-refractivity contribution in [3.8, 4) is 34.4 Å². The zero-order valence-corrected chi connectivity index (χ0v) is 11.5. The molecule has 2 rings (SSSR count). The Kier molecular flexibility index (Phi) is 3.71. The van der Waals surface area contributed by atoms with Crippen LogP contribution in [-0.4, -0.2) is 26.3 Å². The number of nitrogens with zero attached hydrogens (tertiary/aromatic N) is 1. The normalized spacial score (nSPS) is 9.90. The van der Waals surface area contributed by atoms with Crippen molar-refractivity contribution in [1.29, 1.82) is 5.26 Å². The van der Waals surface area contributed by atoms with Crippen molar-refractivity contribution in [2.75, 3.05) is 27.1 Å². The van der Waals surface area contributed by atoms with Gasteiger partial charge in [0.25, 0.3) is 0 Å². The van der Waals surface area contributed by atoms with Crippen molar-refractivity contribution in [2.24, 2.45) is 0 Å². The standard InChI is InChI=1S/C14H15N3O3/c1-18-8-4-11(19-2)13(12(5-8)20-3)10-7-17-14(16)9(10)6-15/h4-5,7,17H,16H2,1-3H3. The first-order valence-corrected chi connectivity index (χ1v) is 5.83. The first-order valence-electron chi connectivity index (χ1n) is 5.83. The van der Waals surface area contributed by atoms with Gasteiger partial charge in [-0.3, -0.25) is 0 Å². The van der Waals surface area contributed by atoms with E-state index in [-0.39, 0.29) is 0 Å². The molecule has 0 aliphatic heterocycles. The van der Waals surface area contributed by atoms with E-state index in [1.54, 1.807) is 39.7 Å². The maximum atomic E-state index is 9.22. The predicted molar refractivity (Wildman–Crippen MR) is 75.0 cm³/mol. The summed E-state index contributed by atoms with van der Waals surface area (Å²) >= 11 is 0. The molecule has 104 valence electrons. The van der Waals surface area contributed by atoms with E-state index in [1.165, 1.54) is 0 Å². The Labute approximate surface area is 116 Å². The van der Waals surface area contributed by atoms with Crippen molar-refractivity contribution >= 4 is 5.82 Å². The molecule has 0 spiro atoms. The first-order chi connectivity index (χ1) is 9.65. The van der Waals surface area contributed by atoms with Crippen molar-refractivity contribution < 1.29 is 14.2 Å². The van der Waals surface area contributed by atoms with Crippen LogP contribution in [0, 0.1) is 11.3 Å². The van der Waals surface area contributed by atoms with Gasteiger partial charge in [0.2, 0.25) is 0 Å². The largest absolute Gasteiger partial charge is 0.496 e. The zero-order valence-electron chi connectivity index (χ0n) is 11.5. The lowest BCUT2D eigenvalue weighted by atomic mass is 10.0. The highest BCUT2D eigenvalue weighted by atomic mass is 16.5. The number of ether oxygens (including phenoxy) is 3. The molecule has 20 heavy (non-hydrogen) atoms. The van der Waals surface area contributed by atoms with Crippen molar-refractivity contribution in [3.63, 3.8) is 0 Å². The third kappa shape index (κ3) is 2.10. The minimum absolute atomic E-state index is 0.308. The van der Waals surface area contributed by atoms with Crippen molar-refractivity contribution in [1.82, 2.24) is 4.98 Å². The molecule has 3 N–H and O–H groups in total. The smallest absolute Gasteiger partial charge is 0.134 e. The number of hydrogen-bond donors (Lipinski definition) is 2. The second kappa shape index (κ2) is 5.45. The molecule has 0 saturated heterocycles. The summed E-state index contributed by atoms with van der Waals surface area (Å²) in [6, 6.07) is 5.52. The maximum Gasteiger partial charge on any atom is 0.134 e. The molecule has 1 aromatic carbocycles. The van der Waals surface area contributed by atoms with Crippen LogP contribution in [0.2, 0.25) is 0 Å².